The number of nitrogens with two attached hydrogens (primary N) is 1. The van der Waals surface area contributed by atoms with Crippen molar-refractivity contribution < 1.29 is 0 Å². The first-order valence-electron chi connectivity index (χ1n) is 5.84. The number of fused-ring (bicyclic) bond motifs is 1. The van der Waals surface area contributed by atoms with E-state index in [-0.39, 0.29) is 0 Å². The van der Waals surface area contributed by atoms with Crippen LogP contribution in [0.3, 0.4) is 0 Å². The standard InChI is InChI=1S/C11H20N4/c1-8(2)11-13-10-4-3-9(5-6-12)7-15(10)14-11/h8-9H,3-7,12H2,1-2H3. The van der Waals surface area contributed by atoms with E-state index in [9.17, 15) is 0 Å². The van der Waals surface area contributed by atoms with Gasteiger partial charge in [-0.3, -0.25) is 0 Å². The first kappa shape index (κ1) is 10.6. The summed E-state index contributed by atoms with van der Waals surface area (Å²) < 4.78 is 2.08. The zero-order valence-electron chi connectivity index (χ0n) is 9.61. The van der Waals surface area contributed by atoms with Gasteiger partial charge in [-0.15, -0.1) is 0 Å². The van der Waals surface area contributed by atoms with Crippen molar-refractivity contribution in [1.82, 2.24) is 14.8 Å². The molecule has 0 spiro atoms. The van der Waals surface area contributed by atoms with Gasteiger partial charge in [0.1, 0.15) is 5.82 Å². The zero-order chi connectivity index (χ0) is 10.8. The molecule has 2 heterocycles. The van der Waals surface area contributed by atoms with E-state index >= 15 is 0 Å². The van der Waals surface area contributed by atoms with Crippen molar-refractivity contribution in [2.75, 3.05) is 6.54 Å². The van der Waals surface area contributed by atoms with E-state index in [1.165, 1.54) is 6.42 Å². The molecular formula is C11H20N4. The molecule has 1 aliphatic heterocycles. The number of nitrogens with zero attached hydrogens (tertiary/aromatic N) is 3. The highest BCUT2D eigenvalue weighted by Crippen LogP contribution is 2.22. The number of hydrogen-bond donors (Lipinski definition) is 1. The topological polar surface area (TPSA) is 56.7 Å². The lowest BCUT2D eigenvalue weighted by atomic mass is 9.96. The fourth-order valence-corrected chi connectivity index (χ4v) is 2.11. The Morgan fingerprint density at radius 3 is 3.00 bits per heavy atom. The van der Waals surface area contributed by atoms with Gasteiger partial charge in [-0.25, -0.2) is 9.67 Å². The maximum atomic E-state index is 5.59. The van der Waals surface area contributed by atoms with Crippen LogP contribution in [0.1, 0.15) is 44.3 Å². The van der Waals surface area contributed by atoms with Crippen LogP contribution in [0, 0.1) is 5.92 Å². The Morgan fingerprint density at radius 2 is 2.33 bits per heavy atom. The maximum Gasteiger partial charge on any atom is 0.153 e. The van der Waals surface area contributed by atoms with Crippen LogP contribution >= 0.6 is 0 Å². The van der Waals surface area contributed by atoms with Crippen LogP contribution in [0.4, 0.5) is 0 Å². The van der Waals surface area contributed by atoms with Crippen LogP contribution in [0.15, 0.2) is 0 Å². The Bertz CT molecular complexity index is 329. The summed E-state index contributed by atoms with van der Waals surface area (Å²) in [6.45, 7) is 6.06. The highest BCUT2D eigenvalue weighted by atomic mass is 15.4. The molecule has 4 nitrogen and oxygen atoms in total. The molecule has 4 heteroatoms. The summed E-state index contributed by atoms with van der Waals surface area (Å²) in [4.78, 5) is 4.57. The molecule has 2 N–H and O–H groups in total. The van der Waals surface area contributed by atoms with Crippen LogP contribution in [0.5, 0.6) is 0 Å². The molecule has 1 aromatic rings. The minimum atomic E-state index is 0.427. The van der Waals surface area contributed by atoms with Gasteiger partial charge in [-0.2, -0.15) is 5.10 Å². The van der Waals surface area contributed by atoms with Gasteiger partial charge in [0.05, 0.1) is 0 Å². The SMILES string of the molecule is CC(C)c1nc2n(n1)CC(CCN)CC2. The van der Waals surface area contributed by atoms with Gasteiger partial charge >= 0.3 is 0 Å². The predicted molar refractivity (Wildman–Crippen MR) is 59.6 cm³/mol. The van der Waals surface area contributed by atoms with Gasteiger partial charge in [0.25, 0.3) is 0 Å². The third kappa shape index (κ3) is 2.20. The van der Waals surface area contributed by atoms with Gasteiger partial charge in [0.2, 0.25) is 0 Å². The molecule has 0 bridgehead atoms. The van der Waals surface area contributed by atoms with Crippen LogP contribution in [0.2, 0.25) is 0 Å². The van der Waals surface area contributed by atoms with Gasteiger partial charge in [0.15, 0.2) is 5.82 Å². The number of rotatable bonds is 3. The molecule has 0 aromatic carbocycles. The van der Waals surface area contributed by atoms with E-state index in [2.05, 4.69) is 28.6 Å². The summed E-state index contributed by atoms with van der Waals surface area (Å²) in [6.07, 6.45) is 3.38. The van der Waals surface area contributed by atoms with Crippen LogP contribution < -0.4 is 5.73 Å². The Labute approximate surface area is 90.9 Å². The molecular weight excluding hydrogens is 188 g/mol. The Balaban J connectivity index is 2.12. The lowest BCUT2D eigenvalue weighted by Gasteiger charge is -2.21. The molecule has 84 valence electrons. The fourth-order valence-electron chi connectivity index (χ4n) is 2.11. The monoisotopic (exact) mass is 208 g/mol. The Kier molecular flexibility index (Phi) is 3.05. The van der Waals surface area contributed by atoms with Crippen molar-refractivity contribution in [2.24, 2.45) is 11.7 Å². The van der Waals surface area contributed by atoms with Gasteiger partial charge in [0, 0.05) is 18.9 Å². The van der Waals surface area contributed by atoms with E-state index in [1.54, 1.807) is 0 Å². The molecule has 0 saturated heterocycles. The van der Waals surface area contributed by atoms with Gasteiger partial charge in [-0.05, 0) is 25.3 Å². The van der Waals surface area contributed by atoms with Crippen molar-refractivity contribution in [3.63, 3.8) is 0 Å². The molecule has 2 rings (SSSR count). The van der Waals surface area contributed by atoms with Crippen LogP contribution in [-0.4, -0.2) is 21.3 Å². The van der Waals surface area contributed by atoms with Crippen molar-refractivity contribution in [1.29, 1.82) is 0 Å². The first-order valence-corrected chi connectivity index (χ1v) is 5.84. The average molecular weight is 208 g/mol. The second-order valence-electron chi connectivity index (χ2n) is 4.71. The molecule has 1 aromatic heterocycles. The fraction of sp³-hybridized carbons (Fsp3) is 0.818. The normalized spacial score (nSPS) is 20.7. The molecule has 1 aliphatic rings. The summed E-state index contributed by atoms with van der Waals surface area (Å²) in [5.41, 5.74) is 5.59. The summed E-state index contributed by atoms with van der Waals surface area (Å²) in [5, 5.41) is 4.55. The first-order chi connectivity index (χ1) is 7.20. The minimum absolute atomic E-state index is 0.427. The number of hydrogen-bond acceptors (Lipinski definition) is 3. The molecule has 0 aliphatic carbocycles. The van der Waals surface area contributed by atoms with E-state index in [1.807, 2.05) is 0 Å². The summed E-state index contributed by atoms with van der Waals surface area (Å²) in [5.74, 6) is 3.27. The molecule has 0 radical (unpaired) electrons. The molecule has 0 amide bonds. The van der Waals surface area contributed by atoms with Gasteiger partial charge < -0.3 is 5.73 Å². The van der Waals surface area contributed by atoms with Crippen molar-refractivity contribution in [3.05, 3.63) is 11.6 Å². The molecule has 0 saturated carbocycles. The average Bonchev–Trinajstić information content (AvgIpc) is 2.61. The predicted octanol–water partition coefficient (Wildman–Crippen LogP) is 1.31. The third-order valence-corrected chi connectivity index (χ3v) is 3.06. The molecule has 0 fully saturated rings. The van der Waals surface area contributed by atoms with Gasteiger partial charge in [-0.1, -0.05) is 13.8 Å². The van der Waals surface area contributed by atoms with E-state index in [0.29, 0.717) is 11.8 Å². The minimum Gasteiger partial charge on any atom is -0.330 e. The van der Waals surface area contributed by atoms with Crippen molar-refractivity contribution in [3.8, 4) is 0 Å². The summed E-state index contributed by atoms with van der Waals surface area (Å²) >= 11 is 0. The van der Waals surface area contributed by atoms with Crippen molar-refractivity contribution >= 4 is 0 Å². The van der Waals surface area contributed by atoms with E-state index in [4.69, 9.17) is 5.73 Å². The highest BCUT2D eigenvalue weighted by Gasteiger charge is 2.21. The number of aromatic nitrogens is 3. The van der Waals surface area contributed by atoms with Crippen LogP contribution in [0.25, 0.3) is 0 Å². The number of aryl methyl sites for hydroxylation is 1. The maximum absolute atomic E-state index is 5.59. The highest BCUT2D eigenvalue weighted by molar-refractivity contribution is 5.00. The molecule has 1 atom stereocenters. The van der Waals surface area contributed by atoms with Crippen molar-refractivity contribution in [2.45, 2.75) is 45.6 Å². The van der Waals surface area contributed by atoms with E-state index < -0.39 is 0 Å². The Morgan fingerprint density at radius 1 is 1.53 bits per heavy atom. The molecule has 15 heavy (non-hydrogen) atoms. The summed E-state index contributed by atoms with van der Waals surface area (Å²) in [7, 11) is 0. The smallest absolute Gasteiger partial charge is 0.153 e. The quantitative estimate of drug-likeness (QED) is 0.815. The van der Waals surface area contributed by atoms with E-state index in [0.717, 1.165) is 37.6 Å². The molecule has 1 unspecified atom stereocenters. The third-order valence-electron chi connectivity index (χ3n) is 3.06. The second kappa shape index (κ2) is 4.31. The lowest BCUT2D eigenvalue weighted by Crippen LogP contribution is -2.23. The Hall–Kier alpha value is -0.900. The largest absolute Gasteiger partial charge is 0.330 e. The zero-order valence-corrected chi connectivity index (χ0v) is 9.61. The van der Waals surface area contributed by atoms with Crippen LogP contribution in [-0.2, 0) is 13.0 Å². The second-order valence-corrected chi connectivity index (χ2v) is 4.71. The lowest BCUT2D eigenvalue weighted by molar-refractivity contribution is 0.327. The summed E-state index contributed by atoms with van der Waals surface area (Å²) in [6, 6.07) is 0.